The van der Waals surface area contributed by atoms with Gasteiger partial charge in [-0.25, -0.2) is 4.79 Å². The molecule has 1 aliphatic heterocycles. The third-order valence-corrected chi connectivity index (χ3v) is 4.00. The van der Waals surface area contributed by atoms with Gasteiger partial charge in [-0.3, -0.25) is 9.69 Å². The van der Waals surface area contributed by atoms with Gasteiger partial charge in [-0.1, -0.05) is 12.1 Å². The maximum absolute atomic E-state index is 12.1. The number of amides is 1. The van der Waals surface area contributed by atoms with E-state index in [-0.39, 0.29) is 6.09 Å². The van der Waals surface area contributed by atoms with Gasteiger partial charge >= 0.3 is 12.1 Å². The minimum Gasteiger partial charge on any atom is -0.497 e. The number of carboxylic acids is 1. The highest BCUT2D eigenvalue weighted by atomic mass is 16.6. The predicted molar refractivity (Wildman–Crippen MR) is 92.8 cm³/mol. The van der Waals surface area contributed by atoms with Crippen molar-refractivity contribution in [1.29, 1.82) is 0 Å². The fourth-order valence-electron chi connectivity index (χ4n) is 2.78. The molecule has 138 valence electrons. The first-order chi connectivity index (χ1) is 11.7. The van der Waals surface area contributed by atoms with Crippen molar-refractivity contribution in [2.75, 3.05) is 33.3 Å². The number of ether oxygens (including phenoxy) is 2. The number of benzene rings is 1. The summed E-state index contributed by atoms with van der Waals surface area (Å²) in [5.41, 5.74) is 0.153. The molecule has 1 amide bonds. The summed E-state index contributed by atoms with van der Waals surface area (Å²) in [7, 11) is 1.57. The highest BCUT2D eigenvalue weighted by molar-refractivity contribution is 5.75. The van der Waals surface area contributed by atoms with E-state index >= 15 is 0 Å². The van der Waals surface area contributed by atoms with Crippen molar-refractivity contribution in [2.24, 2.45) is 0 Å². The molecule has 1 aromatic carbocycles. The Morgan fingerprint density at radius 1 is 1.08 bits per heavy atom. The Bertz CT molecular complexity index is 601. The molecule has 7 heteroatoms. The van der Waals surface area contributed by atoms with Crippen molar-refractivity contribution in [3.8, 4) is 5.75 Å². The minimum atomic E-state index is -0.907. The lowest BCUT2D eigenvalue weighted by Crippen LogP contribution is -2.51. The Hall–Kier alpha value is -2.28. The molecule has 0 radical (unpaired) electrons. The number of methoxy groups -OCH3 is 1. The molecule has 0 aromatic heterocycles. The molecule has 1 aliphatic rings. The van der Waals surface area contributed by atoms with Crippen molar-refractivity contribution in [3.05, 3.63) is 29.8 Å². The van der Waals surface area contributed by atoms with Gasteiger partial charge in [-0.05, 0) is 38.5 Å². The van der Waals surface area contributed by atoms with Gasteiger partial charge in [0.15, 0.2) is 0 Å². The Morgan fingerprint density at radius 3 is 2.08 bits per heavy atom. The molecule has 1 fully saturated rings. The maximum atomic E-state index is 12.1. The van der Waals surface area contributed by atoms with E-state index in [0.29, 0.717) is 37.5 Å². The minimum absolute atomic E-state index is 0.358. The monoisotopic (exact) mass is 350 g/mol. The smallest absolute Gasteiger partial charge is 0.410 e. The second-order valence-electron chi connectivity index (χ2n) is 7.02. The number of rotatable bonds is 4. The lowest BCUT2D eigenvalue weighted by Gasteiger charge is -2.38. The molecule has 0 spiro atoms. The zero-order valence-corrected chi connectivity index (χ0v) is 15.2. The number of nitrogens with zero attached hydrogens (tertiary/aromatic N) is 2. The Morgan fingerprint density at radius 2 is 1.64 bits per heavy atom. The van der Waals surface area contributed by atoms with Crippen LogP contribution in [-0.2, 0) is 9.53 Å². The predicted octanol–water partition coefficient (Wildman–Crippen LogP) is 2.37. The largest absolute Gasteiger partial charge is 0.497 e. The molecule has 1 aromatic rings. The summed E-state index contributed by atoms with van der Waals surface area (Å²) in [5.74, 6) is -0.224. The molecule has 1 unspecified atom stereocenters. The zero-order valence-electron chi connectivity index (χ0n) is 15.2. The van der Waals surface area contributed by atoms with Crippen molar-refractivity contribution < 1.29 is 24.2 Å². The SMILES string of the molecule is COc1ccc(C(C(=O)O)N2CCN(C(=O)OC(C)(C)C)CC2)cc1. The van der Waals surface area contributed by atoms with E-state index in [0.717, 1.165) is 0 Å². The number of hydrogen-bond donors (Lipinski definition) is 1. The first kappa shape index (κ1) is 19.1. The van der Waals surface area contributed by atoms with Crippen molar-refractivity contribution in [1.82, 2.24) is 9.80 Å². The normalized spacial score (nSPS) is 17.0. The molecule has 2 rings (SSSR count). The van der Waals surface area contributed by atoms with Crippen molar-refractivity contribution in [2.45, 2.75) is 32.4 Å². The summed E-state index contributed by atoms with van der Waals surface area (Å²) < 4.78 is 10.5. The van der Waals surface area contributed by atoms with Crippen LogP contribution >= 0.6 is 0 Å². The van der Waals surface area contributed by atoms with Gasteiger partial charge in [0, 0.05) is 26.2 Å². The number of aliphatic carboxylic acids is 1. The number of hydrogen-bond acceptors (Lipinski definition) is 5. The molecule has 0 bridgehead atoms. The Kier molecular flexibility index (Phi) is 5.89. The first-order valence-corrected chi connectivity index (χ1v) is 8.30. The van der Waals surface area contributed by atoms with Gasteiger partial charge in [0.05, 0.1) is 7.11 Å². The average molecular weight is 350 g/mol. The van der Waals surface area contributed by atoms with E-state index in [4.69, 9.17) is 9.47 Å². The lowest BCUT2D eigenvalue weighted by molar-refractivity contribution is -0.144. The van der Waals surface area contributed by atoms with E-state index in [1.54, 1.807) is 36.3 Å². The summed E-state index contributed by atoms with van der Waals surface area (Å²) in [6.45, 7) is 7.30. The number of piperazine rings is 1. The van der Waals surface area contributed by atoms with E-state index < -0.39 is 17.6 Å². The number of carbonyl (C=O) groups is 2. The lowest BCUT2D eigenvalue weighted by atomic mass is 10.0. The molecular formula is C18H26N2O5. The summed E-state index contributed by atoms with van der Waals surface area (Å²) in [6.07, 6.45) is -0.358. The van der Waals surface area contributed by atoms with Gasteiger partial charge in [-0.2, -0.15) is 0 Å². The van der Waals surface area contributed by atoms with Crippen molar-refractivity contribution >= 4 is 12.1 Å². The van der Waals surface area contributed by atoms with E-state index in [2.05, 4.69) is 0 Å². The van der Waals surface area contributed by atoms with Crippen molar-refractivity contribution in [3.63, 3.8) is 0 Å². The van der Waals surface area contributed by atoms with Crippen LogP contribution in [0, 0.1) is 0 Å². The Balaban J connectivity index is 2.03. The Labute approximate surface area is 148 Å². The molecule has 7 nitrogen and oxygen atoms in total. The van der Waals surface area contributed by atoms with Crippen LogP contribution < -0.4 is 4.74 Å². The van der Waals surface area contributed by atoms with Crippen LogP contribution in [0.5, 0.6) is 5.75 Å². The fraction of sp³-hybridized carbons (Fsp3) is 0.556. The second kappa shape index (κ2) is 7.74. The molecule has 25 heavy (non-hydrogen) atoms. The molecule has 1 heterocycles. The van der Waals surface area contributed by atoms with Gasteiger partial charge in [0.1, 0.15) is 17.4 Å². The average Bonchev–Trinajstić information content (AvgIpc) is 2.54. The first-order valence-electron chi connectivity index (χ1n) is 8.30. The van der Waals surface area contributed by atoms with E-state index in [9.17, 15) is 14.7 Å². The van der Waals surface area contributed by atoms with Crippen LogP contribution in [0.4, 0.5) is 4.79 Å². The van der Waals surface area contributed by atoms with E-state index in [1.807, 2.05) is 25.7 Å². The third-order valence-electron chi connectivity index (χ3n) is 4.00. The topological polar surface area (TPSA) is 79.3 Å². The van der Waals surface area contributed by atoms with Gasteiger partial charge < -0.3 is 19.5 Å². The number of carboxylic acid groups (broad SMARTS) is 1. The molecule has 1 saturated heterocycles. The maximum Gasteiger partial charge on any atom is 0.410 e. The number of carbonyl (C=O) groups excluding carboxylic acids is 1. The summed E-state index contributed by atoms with van der Waals surface area (Å²) in [5, 5.41) is 9.66. The zero-order chi connectivity index (χ0) is 18.6. The molecule has 1 N–H and O–H groups in total. The molecule has 0 aliphatic carbocycles. The summed E-state index contributed by atoms with van der Waals surface area (Å²) in [6, 6.07) is 6.28. The van der Waals surface area contributed by atoms with Crippen LogP contribution in [0.15, 0.2) is 24.3 Å². The molecule has 1 atom stereocenters. The van der Waals surface area contributed by atoms with E-state index in [1.165, 1.54) is 0 Å². The molecule has 0 saturated carbocycles. The third kappa shape index (κ3) is 5.09. The van der Waals surface area contributed by atoms with Gasteiger partial charge in [-0.15, -0.1) is 0 Å². The standard InChI is InChI=1S/C18H26N2O5/c1-18(2,3)25-17(23)20-11-9-19(10-12-20)15(16(21)22)13-5-7-14(24-4)8-6-13/h5-8,15H,9-12H2,1-4H3,(H,21,22). The van der Waals surface area contributed by atoms with Gasteiger partial charge in [0.2, 0.25) is 0 Å². The summed E-state index contributed by atoms with van der Waals surface area (Å²) in [4.78, 5) is 27.4. The fourth-order valence-corrected chi connectivity index (χ4v) is 2.78. The van der Waals surface area contributed by atoms with Crippen LogP contribution in [0.1, 0.15) is 32.4 Å². The quantitative estimate of drug-likeness (QED) is 0.898. The second-order valence-corrected chi connectivity index (χ2v) is 7.02. The van der Waals surface area contributed by atoms with Crippen LogP contribution in [-0.4, -0.2) is 65.9 Å². The van der Waals surface area contributed by atoms with Gasteiger partial charge in [0.25, 0.3) is 0 Å². The highest BCUT2D eigenvalue weighted by Gasteiger charge is 2.32. The highest BCUT2D eigenvalue weighted by Crippen LogP contribution is 2.25. The van der Waals surface area contributed by atoms with Crippen LogP contribution in [0.2, 0.25) is 0 Å². The van der Waals surface area contributed by atoms with Crippen LogP contribution in [0.25, 0.3) is 0 Å². The van der Waals surface area contributed by atoms with Crippen LogP contribution in [0.3, 0.4) is 0 Å². The summed E-state index contributed by atoms with van der Waals surface area (Å²) >= 11 is 0. The molecular weight excluding hydrogens is 324 g/mol.